The molecule has 0 aliphatic heterocycles. The summed E-state index contributed by atoms with van der Waals surface area (Å²) in [4.78, 5) is 8.05. The second-order valence-electron chi connectivity index (χ2n) is 2.72. The molecule has 0 bridgehead atoms. The third-order valence-corrected chi connectivity index (χ3v) is 2.00. The van der Waals surface area contributed by atoms with E-state index >= 15 is 0 Å². The molecule has 5 heteroatoms. The molecule has 0 aromatic carbocycles. The largest absolute Gasteiger partial charge is 0.354 e. The molecule has 1 heterocycles. The van der Waals surface area contributed by atoms with Crippen molar-refractivity contribution in [3.63, 3.8) is 0 Å². The molecule has 0 aliphatic carbocycles. The van der Waals surface area contributed by atoms with Gasteiger partial charge in [-0.25, -0.2) is 14.4 Å². The van der Waals surface area contributed by atoms with Gasteiger partial charge in [0, 0.05) is 22.5 Å². The normalized spacial score (nSPS) is 12.5. The lowest BCUT2D eigenvalue weighted by Crippen LogP contribution is -2.09. The summed E-state index contributed by atoms with van der Waals surface area (Å²) in [6, 6.07) is 0. The number of anilines is 1. The Balaban J connectivity index is 2.33. The summed E-state index contributed by atoms with van der Waals surface area (Å²) >= 11 is 2.13. The minimum Gasteiger partial charge on any atom is -0.354 e. The molecule has 0 radical (unpaired) electrons. The van der Waals surface area contributed by atoms with E-state index in [1.807, 2.05) is 0 Å². The van der Waals surface area contributed by atoms with Crippen LogP contribution in [0.15, 0.2) is 12.4 Å². The highest BCUT2D eigenvalue weighted by Gasteiger charge is 1.98. The molecule has 1 aromatic heterocycles. The summed E-state index contributed by atoms with van der Waals surface area (Å²) in [5.41, 5.74) is 0. The number of hydrogen-bond acceptors (Lipinski definition) is 3. The zero-order valence-corrected chi connectivity index (χ0v) is 9.45. The first-order chi connectivity index (χ1) is 6.18. The van der Waals surface area contributed by atoms with Crippen LogP contribution >= 0.6 is 22.6 Å². The van der Waals surface area contributed by atoms with Crippen LogP contribution in [0, 0.1) is 3.57 Å². The van der Waals surface area contributed by atoms with Crippen LogP contribution in [-0.4, -0.2) is 22.7 Å². The van der Waals surface area contributed by atoms with Gasteiger partial charge in [-0.05, 0) is 35.9 Å². The standard InChI is InChI=1S/C8H11FIN3/c1-6(9)2-3-11-8-12-4-7(10)5-13-8/h4-6H,2-3H2,1H3,(H,11,12,13). The van der Waals surface area contributed by atoms with Gasteiger partial charge in [0.15, 0.2) is 0 Å². The number of hydrogen-bond donors (Lipinski definition) is 1. The van der Waals surface area contributed by atoms with E-state index in [9.17, 15) is 4.39 Å². The van der Waals surface area contributed by atoms with Crippen molar-refractivity contribution in [3.05, 3.63) is 16.0 Å². The molecule has 1 unspecified atom stereocenters. The van der Waals surface area contributed by atoms with Crippen LogP contribution in [0.5, 0.6) is 0 Å². The predicted molar refractivity (Wildman–Crippen MR) is 58.4 cm³/mol. The van der Waals surface area contributed by atoms with Crippen molar-refractivity contribution in [1.29, 1.82) is 0 Å². The molecular formula is C8H11FIN3. The van der Waals surface area contributed by atoms with Gasteiger partial charge in [0.2, 0.25) is 5.95 Å². The van der Waals surface area contributed by atoms with Crippen LogP contribution in [0.1, 0.15) is 13.3 Å². The summed E-state index contributed by atoms with van der Waals surface area (Å²) in [5.74, 6) is 0.557. The molecule has 1 atom stereocenters. The highest BCUT2D eigenvalue weighted by molar-refractivity contribution is 14.1. The molecule has 3 nitrogen and oxygen atoms in total. The lowest BCUT2D eigenvalue weighted by molar-refractivity contribution is 0.348. The lowest BCUT2D eigenvalue weighted by Gasteiger charge is -2.04. The Morgan fingerprint density at radius 3 is 2.69 bits per heavy atom. The van der Waals surface area contributed by atoms with Gasteiger partial charge in [-0.15, -0.1) is 0 Å². The van der Waals surface area contributed by atoms with Crippen molar-refractivity contribution < 1.29 is 4.39 Å². The smallest absolute Gasteiger partial charge is 0.222 e. The van der Waals surface area contributed by atoms with Gasteiger partial charge in [-0.2, -0.15) is 0 Å². The minimum atomic E-state index is -0.781. The molecule has 0 amide bonds. The van der Waals surface area contributed by atoms with Crippen molar-refractivity contribution in [2.75, 3.05) is 11.9 Å². The van der Waals surface area contributed by atoms with Gasteiger partial charge in [-0.3, -0.25) is 0 Å². The fraction of sp³-hybridized carbons (Fsp3) is 0.500. The third-order valence-electron chi connectivity index (χ3n) is 1.45. The Morgan fingerprint density at radius 2 is 2.15 bits per heavy atom. The number of alkyl halides is 1. The van der Waals surface area contributed by atoms with E-state index in [0.717, 1.165) is 3.57 Å². The first kappa shape index (κ1) is 10.6. The Morgan fingerprint density at radius 1 is 1.54 bits per heavy atom. The van der Waals surface area contributed by atoms with E-state index < -0.39 is 6.17 Å². The highest BCUT2D eigenvalue weighted by atomic mass is 127. The Kier molecular flexibility index (Phi) is 4.34. The van der Waals surface area contributed by atoms with Crippen molar-refractivity contribution in [2.45, 2.75) is 19.5 Å². The second kappa shape index (κ2) is 5.31. The molecule has 0 aliphatic rings. The van der Waals surface area contributed by atoms with Crippen molar-refractivity contribution in [2.24, 2.45) is 0 Å². The van der Waals surface area contributed by atoms with Gasteiger partial charge in [0.05, 0.1) is 6.17 Å². The van der Waals surface area contributed by atoms with Crippen LogP contribution in [0.25, 0.3) is 0 Å². The van der Waals surface area contributed by atoms with Gasteiger partial charge in [0.25, 0.3) is 0 Å². The molecule has 0 saturated carbocycles. The van der Waals surface area contributed by atoms with Crippen LogP contribution in [0.4, 0.5) is 10.3 Å². The van der Waals surface area contributed by atoms with Crippen molar-refractivity contribution >= 4 is 28.5 Å². The Bertz CT molecular complexity index is 250. The van der Waals surface area contributed by atoms with Crippen LogP contribution in [0.3, 0.4) is 0 Å². The van der Waals surface area contributed by atoms with Crippen molar-refractivity contribution in [1.82, 2.24) is 9.97 Å². The predicted octanol–water partition coefficient (Wildman–Crippen LogP) is 2.24. The van der Waals surface area contributed by atoms with E-state index in [1.165, 1.54) is 6.92 Å². The molecule has 0 spiro atoms. The zero-order chi connectivity index (χ0) is 9.68. The van der Waals surface area contributed by atoms with Gasteiger partial charge < -0.3 is 5.32 Å². The van der Waals surface area contributed by atoms with E-state index in [-0.39, 0.29) is 0 Å². The molecule has 0 saturated heterocycles. The number of rotatable bonds is 4. The quantitative estimate of drug-likeness (QED) is 0.866. The first-order valence-corrected chi connectivity index (χ1v) is 5.12. The fourth-order valence-electron chi connectivity index (χ4n) is 0.786. The molecular weight excluding hydrogens is 284 g/mol. The van der Waals surface area contributed by atoms with E-state index in [4.69, 9.17) is 0 Å². The third kappa shape index (κ3) is 4.35. The maximum Gasteiger partial charge on any atom is 0.222 e. The molecule has 1 N–H and O–H groups in total. The molecule has 0 fully saturated rings. The second-order valence-corrected chi connectivity index (χ2v) is 3.97. The van der Waals surface area contributed by atoms with Gasteiger partial charge in [0.1, 0.15) is 0 Å². The number of halogens is 2. The van der Waals surface area contributed by atoms with E-state index in [1.54, 1.807) is 12.4 Å². The molecule has 1 aromatic rings. The van der Waals surface area contributed by atoms with Crippen LogP contribution in [0.2, 0.25) is 0 Å². The SMILES string of the molecule is CC(F)CCNc1ncc(I)cn1. The van der Waals surface area contributed by atoms with E-state index in [2.05, 4.69) is 37.9 Å². The van der Waals surface area contributed by atoms with E-state index in [0.29, 0.717) is 18.9 Å². The average molecular weight is 295 g/mol. The molecule has 1 rings (SSSR count). The minimum absolute atomic E-state index is 0.481. The number of nitrogens with zero attached hydrogens (tertiary/aromatic N) is 2. The van der Waals surface area contributed by atoms with Crippen molar-refractivity contribution in [3.8, 4) is 0 Å². The topological polar surface area (TPSA) is 37.8 Å². The Hall–Kier alpha value is -0.460. The molecule has 72 valence electrons. The lowest BCUT2D eigenvalue weighted by atomic mass is 10.3. The summed E-state index contributed by atoms with van der Waals surface area (Å²) in [5, 5.41) is 2.94. The summed E-state index contributed by atoms with van der Waals surface area (Å²) in [6.07, 6.45) is 3.13. The van der Waals surface area contributed by atoms with Crippen LogP contribution in [-0.2, 0) is 0 Å². The summed E-state index contributed by atoms with van der Waals surface area (Å²) in [7, 11) is 0. The van der Waals surface area contributed by atoms with Gasteiger partial charge >= 0.3 is 0 Å². The summed E-state index contributed by atoms with van der Waals surface area (Å²) in [6.45, 7) is 2.11. The maximum atomic E-state index is 12.4. The number of nitrogens with one attached hydrogen (secondary N) is 1. The monoisotopic (exact) mass is 295 g/mol. The average Bonchev–Trinajstić information content (AvgIpc) is 2.08. The first-order valence-electron chi connectivity index (χ1n) is 4.04. The Labute approximate surface area is 90.3 Å². The molecule has 13 heavy (non-hydrogen) atoms. The highest BCUT2D eigenvalue weighted by Crippen LogP contribution is 2.03. The summed E-state index contributed by atoms with van der Waals surface area (Å²) < 4.78 is 13.4. The number of aromatic nitrogens is 2. The van der Waals surface area contributed by atoms with Gasteiger partial charge in [-0.1, -0.05) is 0 Å². The zero-order valence-electron chi connectivity index (χ0n) is 7.30. The van der Waals surface area contributed by atoms with Crippen LogP contribution < -0.4 is 5.32 Å². The maximum absolute atomic E-state index is 12.4. The fourth-order valence-corrected chi connectivity index (χ4v) is 1.06.